The van der Waals surface area contributed by atoms with Crippen molar-refractivity contribution in [2.45, 2.75) is 83.0 Å². The van der Waals surface area contributed by atoms with Gasteiger partial charge in [-0.1, -0.05) is 92.8 Å². The summed E-state index contributed by atoms with van der Waals surface area (Å²) in [5, 5.41) is 8.88. The van der Waals surface area contributed by atoms with Crippen LogP contribution in [-0.2, 0) is 25.5 Å². The smallest absolute Gasteiger partial charge is 0.417 e. The van der Waals surface area contributed by atoms with Crippen LogP contribution in [0.15, 0.2) is 84.7 Å². The molecular weight excluding hydrogens is 518 g/mol. The fourth-order valence-corrected chi connectivity index (χ4v) is 5.50. The fraction of sp³-hybridized carbons (Fsp3) is 0.441. The molecule has 4 unspecified atom stereocenters. The Hall–Kier alpha value is -3.71. The summed E-state index contributed by atoms with van der Waals surface area (Å²) in [7, 11) is 0. The predicted molar refractivity (Wildman–Crippen MR) is 157 cm³/mol. The molecule has 2 heterocycles. The molecule has 4 rings (SSSR count). The number of carbonyl (C=O) groups excluding carboxylic acids is 3. The van der Waals surface area contributed by atoms with E-state index in [4.69, 9.17) is 14.6 Å². The van der Waals surface area contributed by atoms with Gasteiger partial charge in [0.05, 0.1) is 12.0 Å². The van der Waals surface area contributed by atoms with E-state index in [2.05, 4.69) is 0 Å². The van der Waals surface area contributed by atoms with E-state index in [1.165, 1.54) is 6.08 Å². The van der Waals surface area contributed by atoms with Gasteiger partial charge in [-0.2, -0.15) is 0 Å². The molecule has 2 aromatic rings. The lowest BCUT2D eigenvalue weighted by atomic mass is 9.88. The molecule has 2 aliphatic rings. The Morgan fingerprint density at radius 2 is 1.51 bits per heavy atom. The van der Waals surface area contributed by atoms with Crippen molar-refractivity contribution >= 4 is 17.8 Å². The SMILES string of the molecule is CC1C(c2ccccc2)OC(=O)N1C(=O)C(Cc1ccccc1)C1OC(=CCCCCCCCCCO)C=CC1=O. The van der Waals surface area contributed by atoms with Gasteiger partial charge in [-0.3, -0.25) is 9.59 Å². The zero-order chi connectivity index (χ0) is 29.0. The Kier molecular flexibility index (Phi) is 11.3. The first-order valence-corrected chi connectivity index (χ1v) is 14.8. The van der Waals surface area contributed by atoms with E-state index in [9.17, 15) is 14.4 Å². The number of benzene rings is 2. The van der Waals surface area contributed by atoms with Gasteiger partial charge < -0.3 is 14.6 Å². The first-order valence-electron chi connectivity index (χ1n) is 14.8. The second-order valence-corrected chi connectivity index (χ2v) is 10.8. The van der Waals surface area contributed by atoms with Crippen molar-refractivity contribution in [2.24, 2.45) is 5.92 Å². The molecule has 2 aliphatic heterocycles. The first kappa shape index (κ1) is 30.3. The summed E-state index contributed by atoms with van der Waals surface area (Å²) in [4.78, 5) is 41.4. The van der Waals surface area contributed by atoms with Crippen LogP contribution in [0.4, 0.5) is 4.79 Å². The molecule has 41 heavy (non-hydrogen) atoms. The maximum absolute atomic E-state index is 14.1. The van der Waals surface area contributed by atoms with Gasteiger partial charge in [0.1, 0.15) is 11.9 Å². The van der Waals surface area contributed by atoms with Crippen LogP contribution in [0.5, 0.6) is 0 Å². The minimum Gasteiger partial charge on any atom is -0.482 e. The zero-order valence-corrected chi connectivity index (χ0v) is 23.8. The molecule has 0 spiro atoms. The molecule has 0 radical (unpaired) electrons. The summed E-state index contributed by atoms with van der Waals surface area (Å²) in [5.74, 6) is -1.09. The summed E-state index contributed by atoms with van der Waals surface area (Å²) < 4.78 is 11.8. The van der Waals surface area contributed by atoms with Crippen molar-refractivity contribution in [3.63, 3.8) is 0 Å². The molecule has 7 nitrogen and oxygen atoms in total. The number of hydrogen-bond acceptors (Lipinski definition) is 6. The number of unbranched alkanes of at least 4 members (excludes halogenated alkanes) is 7. The maximum atomic E-state index is 14.1. The molecule has 4 atom stereocenters. The summed E-state index contributed by atoms with van der Waals surface area (Å²) in [6.07, 6.45) is 11.3. The van der Waals surface area contributed by atoms with Crippen molar-refractivity contribution < 1.29 is 29.0 Å². The van der Waals surface area contributed by atoms with Gasteiger partial charge in [-0.05, 0) is 62.0 Å². The Morgan fingerprint density at radius 1 is 0.878 bits per heavy atom. The van der Waals surface area contributed by atoms with Crippen molar-refractivity contribution in [2.75, 3.05) is 6.61 Å². The van der Waals surface area contributed by atoms with E-state index in [0.717, 1.165) is 67.4 Å². The molecule has 1 N–H and O–H groups in total. The number of ketones is 1. The summed E-state index contributed by atoms with van der Waals surface area (Å²) >= 11 is 0. The van der Waals surface area contributed by atoms with Gasteiger partial charge in [0.25, 0.3) is 0 Å². The number of aliphatic hydroxyl groups is 1. The molecular formula is C34H41NO6. The normalized spacial score (nSPS) is 22.0. The minimum absolute atomic E-state index is 0.250. The lowest BCUT2D eigenvalue weighted by Crippen LogP contribution is -2.48. The van der Waals surface area contributed by atoms with Crippen molar-refractivity contribution in [1.82, 2.24) is 4.90 Å². The molecule has 2 aromatic carbocycles. The van der Waals surface area contributed by atoms with Gasteiger partial charge in [-0.25, -0.2) is 9.69 Å². The third-order valence-electron chi connectivity index (χ3n) is 7.78. The quantitative estimate of drug-likeness (QED) is 0.267. The van der Waals surface area contributed by atoms with E-state index >= 15 is 0 Å². The number of ether oxygens (including phenoxy) is 2. The van der Waals surface area contributed by atoms with Crippen LogP contribution < -0.4 is 0 Å². The largest absolute Gasteiger partial charge is 0.482 e. The van der Waals surface area contributed by atoms with E-state index in [-0.39, 0.29) is 18.8 Å². The van der Waals surface area contributed by atoms with Gasteiger partial charge in [0.2, 0.25) is 5.91 Å². The highest BCUT2D eigenvalue weighted by molar-refractivity contribution is 6.02. The molecule has 1 saturated heterocycles. The van der Waals surface area contributed by atoms with Crippen LogP contribution in [-0.4, -0.2) is 46.5 Å². The predicted octanol–water partition coefficient (Wildman–Crippen LogP) is 6.48. The number of hydrogen-bond donors (Lipinski definition) is 1. The second-order valence-electron chi connectivity index (χ2n) is 10.8. The van der Waals surface area contributed by atoms with Gasteiger partial charge in [-0.15, -0.1) is 0 Å². The van der Waals surface area contributed by atoms with Crippen molar-refractivity contribution in [1.29, 1.82) is 0 Å². The number of amides is 2. The van der Waals surface area contributed by atoms with Crippen LogP contribution in [0.3, 0.4) is 0 Å². The Labute approximate surface area is 242 Å². The van der Waals surface area contributed by atoms with Crippen LogP contribution in [0, 0.1) is 5.92 Å². The van der Waals surface area contributed by atoms with Crippen molar-refractivity contribution in [3.05, 3.63) is 95.8 Å². The van der Waals surface area contributed by atoms with Crippen LogP contribution in [0.1, 0.15) is 75.5 Å². The molecule has 7 heteroatoms. The standard InChI is InChI=1S/C34H41NO6/c1-25-31(27-18-12-9-13-19-27)41-34(39)35(25)33(38)29(24-26-16-10-8-11-17-26)32-30(37)22-21-28(40-32)20-14-6-4-2-3-5-7-15-23-36/h8-13,16-22,25,29,31-32,36H,2-7,14-15,23-24H2,1H3. The van der Waals surface area contributed by atoms with Crippen LogP contribution in [0.2, 0.25) is 0 Å². The maximum Gasteiger partial charge on any atom is 0.417 e. The van der Waals surface area contributed by atoms with Gasteiger partial charge in [0, 0.05) is 6.61 Å². The summed E-state index contributed by atoms with van der Waals surface area (Å²) in [6, 6.07) is 18.3. The second kappa shape index (κ2) is 15.3. The van der Waals surface area contributed by atoms with Gasteiger partial charge in [0.15, 0.2) is 11.9 Å². The number of rotatable bonds is 14. The topological polar surface area (TPSA) is 93.1 Å². The zero-order valence-electron chi connectivity index (χ0n) is 23.8. The summed E-state index contributed by atoms with van der Waals surface area (Å²) in [5.41, 5.74) is 1.69. The molecule has 218 valence electrons. The van der Waals surface area contributed by atoms with Crippen LogP contribution in [0.25, 0.3) is 0 Å². The number of carbonyl (C=O) groups is 3. The monoisotopic (exact) mass is 559 g/mol. The molecule has 0 saturated carbocycles. The molecule has 2 amide bonds. The fourth-order valence-electron chi connectivity index (χ4n) is 5.50. The Balaban J connectivity index is 1.46. The number of aliphatic hydroxyl groups excluding tert-OH is 1. The van der Waals surface area contributed by atoms with Crippen molar-refractivity contribution in [3.8, 4) is 0 Å². The highest BCUT2D eigenvalue weighted by Crippen LogP contribution is 2.35. The highest BCUT2D eigenvalue weighted by atomic mass is 16.6. The average Bonchev–Trinajstić information content (AvgIpc) is 3.30. The third kappa shape index (κ3) is 8.17. The van der Waals surface area contributed by atoms with Crippen LogP contribution >= 0.6 is 0 Å². The third-order valence-corrected chi connectivity index (χ3v) is 7.78. The number of nitrogens with zero attached hydrogens (tertiary/aromatic N) is 1. The lowest BCUT2D eigenvalue weighted by molar-refractivity contribution is -0.143. The minimum atomic E-state index is -1.04. The molecule has 0 aromatic heterocycles. The number of imide groups is 1. The lowest BCUT2D eigenvalue weighted by Gasteiger charge is -2.31. The summed E-state index contributed by atoms with van der Waals surface area (Å²) in [6.45, 7) is 2.05. The van der Waals surface area contributed by atoms with Gasteiger partial charge >= 0.3 is 6.09 Å². The molecule has 0 aliphatic carbocycles. The highest BCUT2D eigenvalue weighted by Gasteiger charge is 2.48. The Bertz CT molecular complexity index is 1210. The Morgan fingerprint density at radius 3 is 2.20 bits per heavy atom. The average molecular weight is 560 g/mol. The molecule has 0 bridgehead atoms. The number of cyclic esters (lactones) is 1. The molecule has 1 fully saturated rings. The van der Waals surface area contributed by atoms with E-state index in [1.807, 2.05) is 66.7 Å². The van der Waals surface area contributed by atoms with E-state index < -0.39 is 36.2 Å². The first-order chi connectivity index (χ1) is 20.0. The number of allylic oxidation sites excluding steroid dienone is 2. The van der Waals surface area contributed by atoms with E-state index in [1.54, 1.807) is 13.0 Å². The van der Waals surface area contributed by atoms with E-state index in [0.29, 0.717) is 5.76 Å².